The van der Waals surface area contributed by atoms with Crippen molar-refractivity contribution in [1.82, 2.24) is 19.9 Å². The molecule has 5 rings (SSSR count). The SMILES string of the molecule is O=S1(=O)N=C(N2CCN(c3nccc(-c4cccnc4)n3)CC2)c2ccccc21. The first-order chi connectivity index (χ1) is 14.1. The first-order valence-corrected chi connectivity index (χ1v) is 10.7. The predicted octanol–water partition coefficient (Wildman–Crippen LogP) is 1.81. The van der Waals surface area contributed by atoms with Crippen molar-refractivity contribution in [3.05, 3.63) is 66.6 Å². The lowest BCUT2D eigenvalue weighted by atomic mass is 10.1. The molecular formula is C20H18N6O2S. The summed E-state index contributed by atoms with van der Waals surface area (Å²) in [6, 6.07) is 12.7. The molecular weight excluding hydrogens is 388 g/mol. The van der Waals surface area contributed by atoms with E-state index in [0.717, 1.165) is 11.3 Å². The van der Waals surface area contributed by atoms with Gasteiger partial charge in [-0.25, -0.2) is 9.97 Å². The quantitative estimate of drug-likeness (QED) is 0.641. The second-order valence-corrected chi connectivity index (χ2v) is 8.42. The minimum atomic E-state index is -3.60. The zero-order valence-electron chi connectivity index (χ0n) is 15.5. The molecule has 0 radical (unpaired) electrons. The number of aromatic nitrogens is 3. The lowest BCUT2D eigenvalue weighted by Gasteiger charge is -2.35. The van der Waals surface area contributed by atoms with Gasteiger partial charge in [-0.15, -0.1) is 4.40 Å². The highest BCUT2D eigenvalue weighted by molar-refractivity contribution is 7.90. The fourth-order valence-corrected chi connectivity index (χ4v) is 4.84. The Hall–Kier alpha value is -3.33. The van der Waals surface area contributed by atoms with E-state index >= 15 is 0 Å². The molecule has 0 bridgehead atoms. The number of anilines is 1. The summed E-state index contributed by atoms with van der Waals surface area (Å²) < 4.78 is 28.7. The number of rotatable bonds is 2. The van der Waals surface area contributed by atoms with Crippen LogP contribution in [0.1, 0.15) is 5.56 Å². The standard InChI is InChI=1S/C20H18N6O2S/c27-29(28)18-6-2-1-5-16(18)19(24-29)25-10-12-26(13-11-25)20-22-9-7-17(23-20)15-4-3-8-21-14-15/h1-9,14H,10-13H2. The van der Waals surface area contributed by atoms with Crippen LogP contribution in [-0.2, 0) is 10.0 Å². The Morgan fingerprint density at radius 1 is 0.862 bits per heavy atom. The zero-order chi connectivity index (χ0) is 19.8. The van der Waals surface area contributed by atoms with Crippen LogP contribution >= 0.6 is 0 Å². The van der Waals surface area contributed by atoms with Crippen molar-refractivity contribution in [3.63, 3.8) is 0 Å². The van der Waals surface area contributed by atoms with Crippen LogP contribution in [0.4, 0.5) is 5.95 Å². The minimum absolute atomic E-state index is 0.282. The summed E-state index contributed by atoms with van der Waals surface area (Å²) >= 11 is 0. The summed E-state index contributed by atoms with van der Waals surface area (Å²) in [5.41, 5.74) is 2.44. The summed E-state index contributed by atoms with van der Waals surface area (Å²) in [5, 5.41) is 0. The second kappa shape index (κ2) is 6.93. The van der Waals surface area contributed by atoms with Gasteiger partial charge in [0.25, 0.3) is 10.0 Å². The van der Waals surface area contributed by atoms with E-state index in [4.69, 9.17) is 0 Å². The Morgan fingerprint density at radius 2 is 1.66 bits per heavy atom. The van der Waals surface area contributed by atoms with Gasteiger partial charge in [-0.1, -0.05) is 12.1 Å². The van der Waals surface area contributed by atoms with Crippen molar-refractivity contribution in [2.75, 3.05) is 31.1 Å². The first-order valence-electron chi connectivity index (χ1n) is 9.29. The van der Waals surface area contributed by atoms with Crippen molar-refractivity contribution < 1.29 is 8.42 Å². The van der Waals surface area contributed by atoms with Crippen LogP contribution in [0.3, 0.4) is 0 Å². The summed E-state index contributed by atoms with van der Waals surface area (Å²) in [6.45, 7) is 2.64. The van der Waals surface area contributed by atoms with E-state index in [2.05, 4.69) is 24.2 Å². The molecule has 1 fully saturated rings. The molecule has 146 valence electrons. The Balaban J connectivity index is 1.34. The summed E-state index contributed by atoms with van der Waals surface area (Å²) in [6.07, 6.45) is 5.26. The van der Waals surface area contributed by atoms with Gasteiger partial charge in [0.2, 0.25) is 5.95 Å². The maximum Gasteiger partial charge on any atom is 0.285 e. The average Bonchev–Trinajstić information content (AvgIpc) is 3.06. The third kappa shape index (κ3) is 3.23. The molecule has 1 aromatic carbocycles. The number of sulfonamides is 1. The Kier molecular flexibility index (Phi) is 4.24. The van der Waals surface area contributed by atoms with Crippen molar-refractivity contribution in [2.24, 2.45) is 4.40 Å². The molecule has 9 heteroatoms. The number of amidine groups is 1. The molecule has 1 saturated heterocycles. The summed E-state index contributed by atoms with van der Waals surface area (Å²) in [4.78, 5) is 17.6. The Bertz CT molecular complexity index is 1190. The third-order valence-electron chi connectivity index (χ3n) is 5.07. The zero-order valence-corrected chi connectivity index (χ0v) is 16.3. The largest absolute Gasteiger partial charge is 0.352 e. The van der Waals surface area contributed by atoms with Crippen LogP contribution in [0.2, 0.25) is 0 Å². The number of benzene rings is 1. The second-order valence-electron chi connectivity index (χ2n) is 6.84. The predicted molar refractivity (Wildman–Crippen MR) is 109 cm³/mol. The van der Waals surface area contributed by atoms with Gasteiger partial charge in [-0.2, -0.15) is 8.42 Å². The van der Waals surface area contributed by atoms with E-state index in [1.807, 2.05) is 35.2 Å². The van der Waals surface area contributed by atoms with Crippen LogP contribution in [-0.4, -0.2) is 60.3 Å². The van der Waals surface area contributed by atoms with Crippen molar-refractivity contribution in [2.45, 2.75) is 4.90 Å². The van der Waals surface area contributed by atoms with E-state index in [1.54, 1.807) is 30.7 Å². The fraction of sp³-hybridized carbons (Fsp3) is 0.200. The fourth-order valence-electron chi connectivity index (χ4n) is 3.61. The highest BCUT2D eigenvalue weighted by Crippen LogP contribution is 2.28. The van der Waals surface area contributed by atoms with Crippen LogP contribution in [0, 0.1) is 0 Å². The Labute approximate surface area is 168 Å². The third-order valence-corrected chi connectivity index (χ3v) is 6.40. The van der Waals surface area contributed by atoms with Gasteiger partial charge in [-0.3, -0.25) is 4.98 Å². The van der Waals surface area contributed by atoms with Crippen molar-refractivity contribution in [3.8, 4) is 11.3 Å². The van der Waals surface area contributed by atoms with Gasteiger partial charge in [0.15, 0.2) is 5.84 Å². The molecule has 0 spiro atoms. The molecule has 3 aromatic rings. The summed E-state index contributed by atoms with van der Waals surface area (Å²) in [7, 11) is -3.60. The molecule has 0 saturated carbocycles. The smallest absolute Gasteiger partial charge is 0.285 e. The van der Waals surface area contributed by atoms with Gasteiger partial charge in [-0.05, 0) is 30.3 Å². The molecule has 0 amide bonds. The maximum atomic E-state index is 12.3. The van der Waals surface area contributed by atoms with Crippen molar-refractivity contribution >= 4 is 21.8 Å². The van der Waals surface area contributed by atoms with E-state index in [9.17, 15) is 8.42 Å². The van der Waals surface area contributed by atoms with E-state index in [1.165, 1.54) is 0 Å². The van der Waals surface area contributed by atoms with Crippen LogP contribution in [0.15, 0.2) is 70.3 Å². The molecule has 2 aromatic heterocycles. The van der Waals surface area contributed by atoms with E-state index < -0.39 is 10.0 Å². The number of hydrogen-bond acceptors (Lipinski definition) is 7. The minimum Gasteiger partial charge on any atom is -0.352 e. The molecule has 0 N–H and O–H groups in total. The van der Waals surface area contributed by atoms with Gasteiger partial charge in [0, 0.05) is 55.9 Å². The molecule has 8 nitrogen and oxygen atoms in total. The van der Waals surface area contributed by atoms with Gasteiger partial charge in [0.05, 0.1) is 5.69 Å². The Morgan fingerprint density at radius 3 is 2.45 bits per heavy atom. The van der Waals surface area contributed by atoms with E-state index in [-0.39, 0.29) is 4.90 Å². The number of pyridine rings is 1. The molecule has 4 heterocycles. The summed E-state index contributed by atoms with van der Waals surface area (Å²) in [5.74, 6) is 1.19. The van der Waals surface area contributed by atoms with Crippen LogP contribution in [0.5, 0.6) is 0 Å². The normalized spacial score (nSPS) is 17.7. The molecule has 0 atom stereocenters. The van der Waals surface area contributed by atoms with E-state index in [0.29, 0.717) is 43.5 Å². The van der Waals surface area contributed by atoms with Crippen LogP contribution < -0.4 is 4.90 Å². The monoisotopic (exact) mass is 406 g/mol. The number of nitrogens with zero attached hydrogens (tertiary/aromatic N) is 6. The first kappa shape index (κ1) is 17.7. The average molecular weight is 406 g/mol. The topological polar surface area (TPSA) is 91.7 Å². The lowest BCUT2D eigenvalue weighted by Crippen LogP contribution is -2.49. The number of fused-ring (bicyclic) bond motifs is 1. The molecule has 0 aliphatic carbocycles. The van der Waals surface area contributed by atoms with Gasteiger partial charge in [0.1, 0.15) is 4.90 Å². The highest BCUT2D eigenvalue weighted by atomic mass is 32.2. The molecule has 2 aliphatic heterocycles. The molecule has 29 heavy (non-hydrogen) atoms. The maximum absolute atomic E-state index is 12.3. The van der Waals surface area contributed by atoms with Gasteiger partial charge < -0.3 is 9.80 Å². The number of hydrogen-bond donors (Lipinski definition) is 0. The molecule has 2 aliphatic rings. The van der Waals surface area contributed by atoms with Crippen LogP contribution in [0.25, 0.3) is 11.3 Å². The van der Waals surface area contributed by atoms with Gasteiger partial charge >= 0.3 is 0 Å². The number of piperazine rings is 1. The molecule has 0 unspecified atom stereocenters. The van der Waals surface area contributed by atoms with Crippen molar-refractivity contribution in [1.29, 1.82) is 0 Å². The highest BCUT2D eigenvalue weighted by Gasteiger charge is 2.33. The lowest BCUT2D eigenvalue weighted by molar-refractivity contribution is 0.384.